The van der Waals surface area contributed by atoms with Gasteiger partial charge in [-0.1, -0.05) is 23.7 Å². The highest BCUT2D eigenvalue weighted by atomic mass is 35.5. The van der Waals surface area contributed by atoms with E-state index in [1.807, 2.05) is 36.6 Å². The van der Waals surface area contributed by atoms with Crippen LogP contribution in [0.2, 0.25) is 5.02 Å². The van der Waals surface area contributed by atoms with Crippen LogP contribution in [0, 0.1) is 0 Å². The van der Waals surface area contributed by atoms with Crippen molar-refractivity contribution >= 4 is 57.6 Å². The van der Waals surface area contributed by atoms with E-state index in [2.05, 4.69) is 5.32 Å². The summed E-state index contributed by atoms with van der Waals surface area (Å²) in [5.74, 6) is 0.102. The van der Waals surface area contributed by atoms with Crippen LogP contribution >= 0.6 is 35.1 Å². The van der Waals surface area contributed by atoms with E-state index >= 15 is 0 Å². The number of hydrogen-bond donors (Lipinski definition) is 1. The molecule has 0 atom stereocenters. The highest BCUT2D eigenvalue weighted by Gasteiger charge is 2.10. The largest absolute Gasteiger partial charge is 0.325 e. The predicted molar refractivity (Wildman–Crippen MR) is 112 cm³/mol. The summed E-state index contributed by atoms with van der Waals surface area (Å²) in [5.41, 5.74) is 1.39. The number of carbonyl (C=O) groups is 1. The number of hydrogen-bond acceptors (Lipinski definition) is 4. The number of carbonyl (C=O) groups excluding carboxylic acids is 1. The fourth-order valence-corrected chi connectivity index (χ4v) is 4.05. The Bertz CT molecular complexity index is 1030. The van der Waals surface area contributed by atoms with Gasteiger partial charge in [-0.15, -0.1) is 23.5 Å². The predicted octanol–water partition coefficient (Wildman–Crippen LogP) is 4.64. The zero-order valence-electron chi connectivity index (χ0n) is 14.3. The Morgan fingerprint density at radius 2 is 2.00 bits per heavy atom. The van der Waals surface area contributed by atoms with E-state index in [0.717, 1.165) is 26.4 Å². The highest BCUT2D eigenvalue weighted by Crippen LogP contribution is 2.28. The number of aryl methyl sites for hydroxylation is 1. The maximum Gasteiger partial charge on any atom is 0.251 e. The third-order valence-electron chi connectivity index (χ3n) is 3.88. The first-order valence-electron chi connectivity index (χ1n) is 7.84. The normalized spacial score (nSPS) is 10.9. The van der Waals surface area contributed by atoms with Crippen molar-refractivity contribution in [3.05, 3.63) is 63.9 Å². The van der Waals surface area contributed by atoms with Gasteiger partial charge in [0.15, 0.2) is 0 Å². The van der Waals surface area contributed by atoms with Crippen molar-refractivity contribution in [2.75, 3.05) is 17.3 Å². The van der Waals surface area contributed by atoms with Crippen LogP contribution in [0.4, 0.5) is 5.69 Å². The second kappa shape index (κ2) is 8.20. The molecule has 0 bridgehead atoms. The molecular weight excluding hydrogens is 388 g/mol. The molecule has 1 amide bonds. The van der Waals surface area contributed by atoms with Crippen LogP contribution in [-0.4, -0.2) is 22.5 Å². The Kier molecular flexibility index (Phi) is 5.96. The monoisotopic (exact) mass is 404 g/mol. The summed E-state index contributed by atoms with van der Waals surface area (Å²) >= 11 is 9.01. The van der Waals surface area contributed by atoms with Gasteiger partial charge in [0.1, 0.15) is 0 Å². The Morgan fingerprint density at radius 1 is 1.19 bits per heavy atom. The number of halogens is 1. The highest BCUT2D eigenvalue weighted by molar-refractivity contribution is 8.00. The summed E-state index contributed by atoms with van der Waals surface area (Å²) in [4.78, 5) is 26.3. The van der Waals surface area contributed by atoms with Gasteiger partial charge < -0.3 is 9.88 Å². The number of benzene rings is 2. The number of anilines is 1. The first-order chi connectivity index (χ1) is 12.5. The molecule has 1 heterocycles. The fourth-order valence-electron chi connectivity index (χ4n) is 2.56. The molecule has 26 heavy (non-hydrogen) atoms. The molecule has 1 N–H and O–H groups in total. The molecule has 7 heteroatoms. The number of pyridine rings is 1. The maximum atomic E-state index is 12.3. The molecule has 0 unspecified atom stereocenters. The lowest BCUT2D eigenvalue weighted by molar-refractivity contribution is -0.113. The molecule has 0 aliphatic heterocycles. The molecule has 0 aliphatic carbocycles. The topological polar surface area (TPSA) is 51.1 Å². The molecule has 3 aromatic rings. The molecule has 2 aromatic carbocycles. The first kappa shape index (κ1) is 18.9. The van der Waals surface area contributed by atoms with Gasteiger partial charge in [0.05, 0.1) is 11.3 Å². The molecular formula is C19H17ClN2O2S2. The van der Waals surface area contributed by atoms with Gasteiger partial charge in [-0.3, -0.25) is 9.59 Å². The van der Waals surface area contributed by atoms with Crippen molar-refractivity contribution in [2.24, 2.45) is 7.05 Å². The van der Waals surface area contributed by atoms with Gasteiger partial charge in [0, 0.05) is 39.0 Å². The van der Waals surface area contributed by atoms with Crippen LogP contribution in [0.3, 0.4) is 0 Å². The van der Waals surface area contributed by atoms with Gasteiger partial charge in [0.25, 0.3) is 5.56 Å². The van der Waals surface area contributed by atoms with Crippen LogP contribution in [0.25, 0.3) is 10.9 Å². The van der Waals surface area contributed by atoms with E-state index < -0.39 is 0 Å². The quantitative estimate of drug-likeness (QED) is 0.629. The number of aromatic nitrogens is 1. The summed E-state index contributed by atoms with van der Waals surface area (Å²) in [6.45, 7) is 0. The Labute approximate surface area is 164 Å². The van der Waals surface area contributed by atoms with Crippen molar-refractivity contribution in [1.82, 2.24) is 4.57 Å². The lowest BCUT2D eigenvalue weighted by Gasteiger charge is -2.11. The average Bonchev–Trinajstić information content (AvgIpc) is 2.63. The summed E-state index contributed by atoms with van der Waals surface area (Å²) < 4.78 is 1.55. The number of nitrogens with one attached hydrogen (secondary N) is 1. The number of nitrogens with zero attached hydrogens (tertiary/aromatic N) is 1. The van der Waals surface area contributed by atoms with E-state index in [4.69, 9.17) is 11.6 Å². The van der Waals surface area contributed by atoms with Crippen molar-refractivity contribution in [2.45, 2.75) is 9.79 Å². The van der Waals surface area contributed by atoms with E-state index in [1.165, 1.54) is 11.8 Å². The maximum absolute atomic E-state index is 12.3. The van der Waals surface area contributed by atoms with Gasteiger partial charge in [0.2, 0.25) is 5.91 Å². The molecule has 134 valence electrons. The minimum absolute atomic E-state index is 0.115. The molecule has 0 aliphatic rings. The summed E-state index contributed by atoms with van der Waals surface area (Å²) in [5, 5.41) is 4.36. The van der Waals surface area contributed by atoms with E-state index in [9.17, 15) is 9.59 Å². The van der Waals surface area contributed by atoms with Crippen LogP contribution in [0.15, 0.2) is 63.1 Å². The fraction of sp³-hybridized carbons (Fsp3) is 0.158. The molecule has 3 rings (SSSR count). The molecule has 0 saturated carbocycles. The van der Waals surface area contributed by atoms with E-state index in [-0.39, 0.29) is 17.2 Å². The van der Waals surface area contributed by atoms with Gasteiger partial charge in [-0.05, 0) is 36.6 Å². The summed E-state index contributed by atoms with van der Waals surface area (Å²) in [6, 6.07) is 14.7. The Morgan fingerprint density at radius 3 is 2.77 bits per heavy atom. The zero-order valence-corrected chi connectivity index (χ0v) is 16.7. The SMILES string of the molecule is CSc1cccc(NC(=O)CSc2cc(=O)n(C)c3cc(Cl)ccc23)c1. The Hall–Kier alpha value is -1.89. The van der Waals surface area contributed by atoms with Crippen LogP contribution in [0.1, 0.15) is 0 Å². The molecule has 0 fully saturated rings. The van der Waals surface area contributed by atoms with Crippen molar-refractivity contribution < 1.29 is 4.79 Å². The zero-order chi connectivity index (χ0) is 18.7. The van der Waals surface area contributed by atoms with Gasteiger partial charge >= 0.3 is 0 Å². The van der Waals surface area contributed by atoms with E-state index in [1.54, 1.807) is 41.6 Å². The summed E-state index contributed by atoms with van der Waals surface area (Å²) in [7, 11) is 1.71. The second-order valence-electron chi connectivity index (χ2n) is 5.64. The van der Waals surface area contributed by atoms with Crippen LogP contribution in [0.5, 0.6) is 0 Å². The van der Waals surface area contributed by atoms with Crippen molar-refractivity contribution in [1.29, 1.82) is 0 Å². The first-order valence-corrected chi connectivity index (χ1v) is 10.4. The standard InChI is InChI=1S/C19H17ClN2O2S2/c1-22-16-8-12(20)6-7-15(16)17(10-19(22)24)26-11-18(23)21-13-4-3-5-14(9-13)25-2/h3-10H,11H2,1-2H3,(H,21,23). The average molecular weight is 405 g/mol. The minimum atomic E-state index is -0.129. The van der Waals surface area contributed by atoms with E-state index in [0.29, 0.717) is 5.02 Å². The van der Waals surface area contributed by atoms with Crippen LogP contribution in [-0.2, 0) is 11.8 Å². The second-order valence-corrected chi connectivity index (χ2v) is 7.97. The minimum Gasteiger partial charge on any atom is -0.325 e. The van der Waals surface area contributed by atoms with Crippen molar-refractivity contribution in [3.63, 3.8) is 0 Å². The molecule has 4 nitrogen and oxygen atoms in total. The third kappa shape index (κ3) is 4.26. The number of rotatable bonds is 5. The number of amides is 1. The van der Waals surface area contributed by atoms with Crippen LogP contribution < -0.4 is 10.9 Å². The lowest BCUT2D eigenvalue weighted by atomic mass is 10.2. The molecule has 0 saturated heterocycles. The Balaban J connectivity index is 1.78. The molecule has 0 spiro atoms. The van der Waals surface area contributed by atoms with Gasteiger partial charge in [-0.25, -0.2) is 0 Å². The number of fused-ring (bicyclic) bond motifs is 1. The molecule has 1 aromatic heterocycles. The van der Waals surface area contributed by atoms with Gasteiger partial charge in [-0.2, -0.15) is 0 Å². The molecule has 0 radical (unpaired) electrons. The smallest absolute Gasteiger partial charge is 0.251 e. The van der Waals surface area contributed by atoms with Crippen molar-refractivity contribution in [3.8, 4) is 0 Å². The summed E-state index contributed by atoms with van der Waals surface area (Å²) in [6.07, 6.45) is 1.99. The third-order valence-corrected chi connectivity index (χ3v) is 5.90. The lowest BCUT2D eigenvalue weighted by Crippen LogP contribution is -2.17. The number of thioether (sulfide) groups is 2.